The molecular weight excluding hydrogens is 172 g/mol. The van der Waals surface area contributed by atoms with Crippen LogP contribution in [0.15, 0.2) is 0 Å². The molecule has 1 aliphatic carbocycles. The normalized spacial score (nSPS) is 32.8. The second kappa shape index (κ2) is 4.63. The molecule has 2 fully saturated rings. The number of rotatable bonds is 2. The van der Waals surface area contributed by atoms with Crippen LogP contribution in [0.5, 0.6) is 0 Å². The molecule has 1 saturated carbocycles. The first-order chi connectivity index (χ1) is 6.79. The van der Waals surface area contributed by atoms with Gasteiger partial charge in [0, 0.05) is 5.54 Å². The largest absolute Gasteiger partial charge is 0.325 e. The van der Waals surface area contributed by atoms with Gasteiger partial charge in [0.1, 0.15) is 0 Å². The highest BCUT2D eigenvalue weighted by molar-refractivity contribution is 4.90. The minimum atomic E-state index is 0.196. The Morgan fingerprint density at radius 3 is 2.57 bits per heavy atom. The number of hydrogen-bond donors (Lipinski definition) is 2. The van der Waals surface area contributed by atoms with Gasteiger partial charge in [-0.25, -0.2) is 0 Å². The summed E-state index contributed by atoms with van der Waals surface area (Å²) in [5.74, 6) is 0.854. The van der Waals surface area contributed by atoms with E-state index in [4.69, 9.17) is 5.73 Å². The third-order valence-corrected chi connectivity index (χ3v) is 3.94. The predicted octanol–water partition coefficient (Wildman–Crippen LogP) is 2.04. The van der Waals surface area contributed by atoms with Crippen molar-refractivity contribution in [2.45, 2.75) is 56.9 Å². The maximum atomic E-state index is 6.46. The molecule has 2 rings (SSSR count). The lowest BCUT2D eigenvalue weighted by molar-refractivity contribution is 0.215. The smallest absolute Gasteiger partial charge is 0.0157 e. The van der Waals surface area contributed by atoms with Crippen LogP contribution < -0.4 is 11.1 Å². The maximum Gasteiger partial charge on any atom is 0.0157 e. The molecular formula is C12H24N2. The fraction of sp³-hybridized carbons (Fsp3) is 1.00. The second-order valence-electron chi connectivity index (χ2n) is 5.34. The van der Waals surface area contributed by atoms with Crippen LogP contribution in [0.1, 0.15) is 51.4 Å². The highest BCUT2D eigenvalue weighted by Crippen LogP contribution is 2.32. The number of nitrogens with one attached hydrogen (secondary N) is 1. The maximum absolute atomic E-state index is 6.46. The molecule has 1 saturated heterocycles. The van der Waals surface area contributed by atoms with E-state index in [1.54, 1.807) is 0 Å². The quantitative estimate of drug-likeness (QED) is 0.709. The summed E-state index contributed by atoms with van der Waals surface area (Å²) in [7, 11) is 0. The molecule has 82 valence electrons. The molecule has 1 aliphatic heterocycles. The van der Waals surface area contributed by atoms with E-state index in [0.29, 0.717) is 0 Å². The van der Waals surface area contributed by atoms with Crippen LogP contribution >= 0.6 is 0 Å². The second-order valence-corrected chi connectivity index (χ2v) is 5.34. The van der Waals surface area contributed by atoms with Gasteiger partial charge in [0.2, 0.25) is 0 Å². The lowest BCUT2D eigenvalue weighted by Crippen LogP contribution is -2.45. The van der Waals surface area contributed by atoms with Gasteiger partial charge in [0.15, 0.2) is 0 Å². The molecule has 0 aromatic carbocycles. The lowest BCUT2D eigenvalue weighted by Gasteiger charge is -2.37. The van der Waals surface area contributed by atoms with E-state index in [1.165, 1.54) is 64.5 Å². The van der Waals surface area contributed by atoms with Crippen molar-refractivity contribution >= 4 is 0 Å². The van der Waals surface area contributed by atoms with E-state index in [0.717, 1.165) is 5.92 Å². The van der Waals surface area contributed by atoms with Crippen molar-refractivity contribution in [2.75, 3.05) is 13.1 Å². The molecule has 0 aromatic rings. The monoisotopic (exact) mass is 196 g/mol. The number of hydrogen-bond acceptors (Lipinski definition) is 2. The van der Waals surface area contributed by atoms with Crippen molar-refractivity contribution < 1.29 is 0 Å². The Morgan fingerprint density at radius 2 is 1.93 bits per heavy atom. The van der Waals surface area contributed by atoms with Crippen molar-refractivity contribution in [3.63, 3.8) is 0 Å². The van der Waals surface area contributed by atoms with E-state index >= 15 is 0 Å². The van der Waals surface area contributed by atoms with Crippen LogP contribution in [0.4, 0.5) is 0 Å². The number of nitrogens with two attached hydrogens (primary N) is 1. The summed E-state index contributed by atoms with van der Waals surface area (Å²) in [6.07, 6.45) is 10.7. The van der Waals surface area contributed by atoms with Crippen molar-refractivity contribution in [1.29, 1.82) is 0 Å². The molecule has 0 spiro atoms. The zero-order chi connectivity index (χ0) is 9.86. The third-order valence-electron chi connectivity index (χ3n) is 3.94. The minimum Gasteiger partial charge on any atom is -0.325 e. The first-order valence-corrected chi connectivity index (χ1v) is 6.28. The van der Waals surface area contributed by atoms with Crippen LogP contribution in [-0.4, -0.2) is 18.6 Å². The summed E-state index contributed by atoms with van der Waals surface area (Å²) >= 11 is 0. The lowest BCUT2D eigenvalue weighted by atomic mass is 9.75. The van der Waals surface area contributed by atoms with Gasteiger partial charge in [-0.05, 0) is 51.1 Å². The summed E-state index contributed by atoms with van der Waals surface area (Å²) in [5.41, 5.74) is 6.66. The van der Waals surface area contributed by atoms with Crippen LogP contribution in [0.3, 0.4) is 0 Å². The summed E-state index contributed by atoms with van der Waals surface area (Å²) in [4.78, 5) is 0. The fourth-order valence-corrected chi connectivity index (χ4v) is 3.13. The summed E-state index contributed by atoms with van der Waals surface area (Å²) < 4.78 is 0. The van der Waals surface area contributed by atoms with Crippen molar-refractivity contribution in [3.05, 3.63) is 0 Å². The molecule has 2 nitrogen and oxygen atoms in total. The van der Waals surface area contributed by atoms with E-state index in [2.05, 4.69) is 5.32 Å². The highest BCUT2D eigenvalue weighted by atomic mass is 14.9. The molecule has 0 bridgehead atoms. The first-order valence-electron chi connectivity index (χ1n) is 6.28. The predicted molar refractivity (Wildman–Crippen MR) is 60.2 cm³/mol. The molecule has 14 heavy (non-hydrogen) atoms. The average Bonchev–Trinajstić information content (AvgIpc) is 2.19. The van der Waals surface area contributed by atoms with E-state index in [1.807, 2.05) is 0 Å². The number of piperidine rings is 1. The Hall–Kier alpha value is -0.0800. The van der Waals surface area contributed by atoms with Gasteiger partial charge in [-0.2, -0.15) is 0 Å². The van der Waals surface area contributed by atoms with Crippen molar-refractivity contribution in [1.82, 2.24) is 5.32 Å². The standard InChI is InChI=1S/C12H24N2/c13-12(6-2-1-3-7-12)9-11-5-4-8-14-10-11/h11,14H,1-10,13H2. The Labute approximate surface area is 87.6 Å². The molecule has 0 amide bonds. The molecule has 2 aliphatic rings. The van der Waals surface area contributed by atoms with Crippen LogP contribution in [0.2, 0.25) is 0 Å². The van der Waals surface area contributed by atoms with Crippen molar-refractivity contribution in [2.24, 2.45) is 11.7 Å². The average molecular weight is 196 g/mol. The van der Waals surface area contributed by atoms with Gasteiger partial charge in [-0.15, -0.1) is 0 Å². The molecule has 0 aromatic heterocycles. The molecule has 1 unspecified atom stereocenters. The van der Waals surface area contributed by atoms with Crippen LogP contribution in [0.25, 0.3) is 0 Å². The van der Waals surface area contributed by atoms with Gasteiger partial charge >= 0.3 is 0 Å². The van der Waals surface area contributed by atoms with Gasteiger partial charge < -0.3 is 11.1 Å². The Morgan fingerprint density at radius 1 is 1.14 bits per heavy atom. The van der Waals surface area contributed by atoms with E-state index in [9.17, 15) is 0 Å². The van der Waals surface area contributed by atoms with E-state index < -0.39 is 0 Å². The summed E-state index contributed by atoms with van der Waals surface area (Å²) in [5, 5.41) is 3.49. The van der Waals surface area contributed by atoms with Crippen LogP contribution in [0, 0.1) is 5.92 Å². The Bertz CT molecular complexity index is 167. The molecule has 0 radical (unpaired) electrons. The summed E-state index contributed by atoms with van der Waals surface area (Å²) in [6, 6.07) is 0. The van der Waals surface area contributed by atoms with Gasteiger partial charge in [-0.1, -0.05) is 19.3 Å². The molecule has 1 heterocycles. The summed E-state index contributed by atoms with van der Waals surface area (Å²) in [6.45, 7) is 2.42. The van der Waals surface area contributed by atoms with Gasteiger partial charge in [-0.3, -0.25) is 0 Å². The first kappa shape index (κ1) is 10.4. The van der Waals surface area contributed by atoms with Gasteiger partial charge in [0.05, 0.1) is 0 Å². The van der Waals surface area contributed by atoms with Crippen molar-refractivity contribution in [3.8, 4) is 0 Å². The Balaban J connectivity index is 1.81. The van der Waals surface area contributed by atoms with E-state index in [-0.39, 0.29) is 5.54 Å². The minimum absolute atomic E-state index is 0.196. The van der Waals surface area contributed by atoms with Gasteiger partial charge in [0.25, 0.3) is 0 Å². The third kappa shape index (κ3) is 2.71. The molecule has 1 atom stereocenters. The molecule has 3 N–H and O–H groups in total. The topological polar surface area (TPSA) is 38.0 Å². The highest BCUT2D eigenvalue weighted by Gasteiger charge is 2.30. The van der Waals surface area contributed by atoms with Crippen LogP contribution in [-0.2, 0) is 0 Å². The molecule has 2 heteroatoms. The Kier molecular flexibility index (Phi) is 3.45. The zero-order valence-corrected chi connectivity index (χ0v) is 9.23. The zero-order valence-electron chi connectivity index (χ0n) is 9.23. The SMILES string of the molecule is NC1(CC2CCCNC2)CCCCC1. The fourth-order valence-electron chi connectivity index (χ4n) is 3.13.